The van der Waals surface area contributed by atoms with E-state index >= 15 is 0 Å². The number of nitrogens with zero attached hydrogens (tertiary/aromatic N) is 2. The van der Waals surface area contributed by atoms with Crippen molar-refractivity contribution >= 4 is 23.9 Å². The van der Waals surface area contributed by atoms with Crippen molar-refractivity contribution in [2.75, 3.05) is 18.6 Å². The first kappa shape index (κ1) is 21.8. The van der Waals surface area contributed by atoms with Crippen LogP contribution in [0, 0.1) is 12.8 Å². The molecule has 8 nitrogen and oxygen atoms in total. The van der Waals surface area contributed by atoms with Gasteiger partial charge in [0, 0.05) is 5.69 Å². The van der Waals surface area contributed by atoms with Crippen LogP contribution in [-0.4, -0.2) is 58.8 Å². The van der Waals surface area contributed by atoms with Crippen molar-refractivity contribution in [2.45, 2.75) is 52.2 Å². The number of carbonyl (C=O) groups is 3. The average molecular weight is 391 g/mol. The Balaban J connectivity index is 2.13. The van der Waals surface area contributed by atoms with E-state index in [4.69, 9.17) is 4.74 Å². The molecule has 2 rings (SSSR count). The first-order chi connectivity index (χ1) is 13.4. The highest BCUT2D eigenvalue weighted by Crippen LogP contribution is 2.24. The lowest BCUT2D eigenvalue weighted by molar-refractivity contribution is -0.158. The minimum Gasteiger partial charge on any atom is -0.355 e. The standard InChI is InChI=1S/C20H29N3O5/c1-4-5-6-16(11-22(27)12-24)20(26)23-13-28-15(3)18(23)19(25)21-17-9-7-14(2)8-10-17/h7-10,12,15-16,18,27H,4-6,11,13H2,1-3H3,(H,21,25)/t15-,16-,18+/m1/s1. The van der Waals surface area contributed by atoms with Crippen LogP contribution in [0.3, 0.4) is 0 Å². The Hall–Kier alpha value is -2.45. The predicted molar refractivity (Wildman–Crippen MR) is 103 cm³/mol. The molecule has 1 fully saturated rings. The molecule has 0 saturated carbocycles. The zero-order valence-electron chi connectivity index (χ0n) is 16.6. The average Bonchev–Trinajstić information content (AvgIpc) is 3.07. The van der Waals surface area contributed by atoms with Crippen molar-refractivity contribution in [3.63, 3.8) is 0 Å². The van der Waals surface area contributed by atoms with Gasteiger partial charge in [0.15, 0.2) is 0 Å². The quantitative estimate of drug-likeness (QED) is 0.382. The molecule has 0 unspecified atom stereocenters. The van der Waals surface area contributed by atoms with E-state index < -0.39 is 18.1 Å². The van der Waals surface area contributed by atoms with Gasteiger partial charge < -0.3 is 15.0 Å². The number of carbonyl (C=O) groups excluding carboxylic acids is 3. The molecule has 28 heavy (non-hydrogen) atoms. The van der Waals surface area contributed by atoms with Gasteiger partial charge in [-0.3, -0.25) is 19.6 Å². The van der Waals surface area contributed by atoms with Crippen molar-refractivity contribution in [2.24, 2.45) is 5.92 Å². The second kappa shape index (κ2) is 10.2. The van der Waals surface area contributed by atoms with Gasteiger partial charge >= 0.3 is 0 Å². The second-order valence-corrected chi connectivity index (χ2v) is 7.18. The zero-order valence-corrected chi connectivity index (χ0v) is 16.6. The number of anilines is 1. The Morgan fingerprint density at radius 1 is 1.39 bits per heavy atom. The van der Waals surface area contributed by atoms with Crippen LogP contribution in [0.5, 0.6) is 0 Å². The number of aryl methyl sites for hydroxylation is 1. The number of ether oxygens (including phenoxy) is 1. The zero-order chi connectivity index (χ0) is 20.7. The molecule has 2 N–H and O–H groups in total. The van der Waals surface area contributed by atoms with Gasteiger partial charge in [0.2, 0.25) is 18.2 Å². The Morgan fingerprint density at radius 2 is 2.07 bits per heavy atom. The van der Waals surface area contributed by atoms with Gasteiger partial charge in [-0.1, -0.05) is 37.5 Å². The van der Waals surface area contributed by atoms with E-state index in [0.717, 1.165) is 18.4 Å². The molecule has 1 aromatic rings. The Kier molecular flexibility index (Phi) is 7.95. The summed E-state index contributed by atoms with van der Waals surface area (Å²) in [4.78, 5) is 38.1. The smallest absolute Gasteiger partial charge is 0.249 e. The van der Waals surface area contributed by atoms with E-state index in [-0.39, 0.29) is 31.5 Å². The number of benzene rings is 1. The lowest BCUT2D eigenvalue weighted by Gasteiger charge is -2.28. The van der Waals surface area contributed by atoms with Crippen LogP contribution in [0.2, 0.25) is 0 Å². The van der Waals surface area contributed by atoms with E-state index in [0.29, 0.717) is 17.2 Å². The summed E-state index contributed by atoms with van der Waals surface area (Å²) in [5.74, 6) is -1.23. The normalized spacial score (nSPS) is 19.9. The van der Waals surface area contributed by atoms with Crippen LogP contribution < -0.4 is 5.32 Å². The van der Waals surface area contributed by atoms with Gasteiger partial charge in [0.25, 0.3) is 0 Å². The molecule has 0 aliphatic carbocycles. The van der Waals surface area contributed by atoms with E-state index in [9.17, 15) is 19.6 Å². The number of unbranched alkanes of at least 4 members (excludes halogenated alkanes) is 1. The Labute approximate surface area is 165 Å². The molecular weight excluding hydrogens is 362 g/mol. The van der Waals surface area contributed by atoms with Crippen molar-refractivity contribution in [1.82, 2.24) is 9.96 Å². The maximum Gasteiger partial charge on any atom is 0.249 e. The van der Waals surface area contributed by atoms with Gasteiger partial charge in [-0.25, -0.2) is 5.06 Å². The fourth-order valence-electron chi connectivity index (χ4n) is 3.28. The molecule has 0 radical (unpaired) electrons. The number of nitrogens with one attached hydrogen (secondary N) is 1. The third kappa shape index (κ3) is 5.53. The molecule has 8 heteroatoms. The van der Waals surface area contributed by atoms with Gasteiger partial charge in [-0.2, -0.15) is 0 Å². The molecule has 0 spiro atoms. The van der Waals surface area contributed by atoms with Crippen molar-refractivity contribution in [3.05, 3.63) is 29.8 Å². The first-order valence-corrected chi connectivity index (χ1v) is 9.57. The maximum absolute atomic E-state index is 13.1. The minimum absolute atomic E-state index is 0.00112. The van der Waals surface area contributed by atoms with E-state index in [1.165, 1.54) is 4.90 Å². The summed E-state index contributed by atoms with van der Waals surface area (Å²) in [5, 5.41) is 12.9. The molecule has 3 atom stereocenters. The Bertz CT molecular complexity index is 679. The highest BCUT2D eigenvalue weighted by Gasteiger charge is 2.42. The van der Waals surface area contributed by atoms with Crippen LogP contribution in [0.25, 0.3) is 0 Å². The molecule has 0 aromatic heterocycles. The van der Waals surface area contributed by atoms with E-state index in [1.807, 2.05) is 26.0 Å². The van der Waals surface area contributed by atoms with Crippen LogP contribution in [0.4, 0.5) is 5.69 Å². The van der Waals surface area contributed by atoms with Gasteiger partial charge in [-0.05, 0) is 32.4 Å². The minimum atomic E-state index is -0.777. The fourth-order valence-corrected chi connectivity index (χ4v) is 3.28. The van der Waals surface area contributed by atoms with Gasteiger partial charge in [-0.15, -0.1) is 0 Å². The van der Waals surface area contributed by atoms with Crippen LogP contribution in [-0.2, 0) is 19.1 Å². The van der Waals surface area contributed by atoms with Crippen molar-refractivity contribution in [1.29, 1.82) is 0 Å². The van der Waals surface area contributed by atoms with Gasteiger partial charge in [0.05, 0.1) is 18.6 Å². The van der Waals surface area contributed by atoms with Crippen molar-refractivity contribution in [3.8, 4) is 0 Å². The molecule has 1 aliphatic heterocycles. The third-order valence-corrected chi connectivity index (χ3v) is 4.91. The summed E-state index contributed by atoms with van der Waals surface area (Å²) < 4.78 is 5.56. The summed E-state index contributed by atoms with van der Waals surface area (Å²) in [6.07, 6.45) is 1.97. The lowest BCUT2D eigenvalue weighted by Crippen LogP contribution is -2.50. The summed E-state index contributed by atoms with van der Waals surface area (Å²) in [7, 11) is 0. The monoisotopic (exact) mass is 391 g/mol. The largest absolute Gasteiger partial charge is 0.355 e. The number of rotatable bonds is 9. The molecule has 1 aromatic carbocycles. The lowest BCUT2D eigenvalue weighted by atomic mass is 9.99. The second-order valence-electron chi connectivity index (χ2n) is 7.18. The summed E-state index contributed by atoms with van der Waals surface area (Å²) in [6, 6.07) is 6.61. The number of hydrogen-bond acceptors (Lipinski definition) is 5. The molecule has 1 heterocycles. The first-order valence-electron chi connectivity index (χ1n) is 9.57. The molecule has 3 amide bonds. The molecule has 0 bridgehead atoms. The van der Waals surface area contributed by atoms with Crippen LogP contribution in [0.15, 0.2) is 24.3 Å². The highest BCUT2D eigenvalue weighted by atomic mass is 16.5. The number of hydrogen-bond donors (Lipinski definition) is 2. The molecular formula is C20H29N3O5. The Morgan fingerprint density at radius 3 is 2.68 bits per heavy atom. The van der Waals surface area contributed by atoms with Crippen molar-refractivity contribution < 1.29 is 24.3 Å². The van der Waals surface area contributed by atoms with Crippen LogP contribution >= 0.6 is 0 Å². The molecule has 1 saturated heterocycles. The summed E-state index contributed by atoms with van der Waals surface area (Å²) in [6.45, 7) is 5.59. The fraction of sp³-hybridized carbons (Fsp3) is 0.550. The summed E-state index contributed by atoms with van der Waals surface area (Å²) >= 11 is 0. The molecule has 1 aliphatic rings. The maximum atomic E-state index is 13.1. The number of hydroxylamine groups is 2. The number of amides is 3. The topological polar surface area (TPSA) is 99.2 Å². The molecule has 154 valence electrons. The summed E-state index contributed by atoms with van der Waals surface area (Å²) in [5.41, 5.74) is 1.72. The van der Waals surface area contributed by atoms with E-state index in [2.05, 4.69) is 5.32 Å². The van der Waals surface area contributed by atoms with E-state index in [1.54, 1.807) is 19.1 Å². The van der Waals surface area contributed by atoms with Crippen LogP contribution in [0.1, 0.15) is 38.7 Å². The van der Waals surface area contributed by atoms with Gasteiger partial charge in [0.1, 0.15) is 12.8 Å². The predicted octanol–water partition coefficient (Wildman–Crippen LogP) is 2.16. The third-order valence-electron chi connectivity index (χ3n) is 4.91. The SMILES string of the molecule is CCCC[C@H](CN(O)C=O)C(=O)N1CO[C@H](C)[C@H]1C(=O)Nc1ccc(C)cc1. The highest BCUT2D eigenvalue weighted by molar-refractivity contribution is 5.98.